The van der Waals surface area contributed by atoms with Crippen molar-refractivity contribution in [1.82, 2.24) is 0 Å². The lowest BCUT2D eigenvalue weighted by Gasteiger charge is -2.25. The zero-order chi connectivity index (χ0) is 16.4. The molecule has 0 saturated heterocycles. The Kier molecular flexibility index (Phi) is 5.38. The second-order valence-electron chi connectivity index (χ2n) is 5.39. The molecular weight excluding hydrogens is 310 g/mol. The summed E-state index contributed by atoms with van der Waals surface area (Å²) in [6.07, 6.45) is -4.58. The van der Waals surface area contributed by atoms with Crippen LogP contribution in [-0.4, -0.2) is 15.3 Å². The minimum Gasteiger partial charge on any atom is -0.406 e. The van der Waals surface area contributed by atoms with Crippen molar-refractivity contribution in [1.29, 1.82) is 0 Å². The van der Waals surface area contributed by atoms with E-state index < -0.39 is 39.6 Å². The first kappa shape index (κ1) is 17.9. The van der Waals surface area contributed by atoms with Gasteiger partial charge < -0.3 is 4.74 Å². The number of halogens is 4. The molecule has 0 amide bonds. The first-order chi connectivity index (χ1) is 9.42. The van der Waals surface area contributed by atoms with E-state index in [9.17, 15) is 21.8 Å². The van der Waals surface area contributed by atoms with Gasteiger partial charge in [0, 0.05) is 0 Å². The monoisotopic (exact) mass is 327 g/mol. The minimum atomic E-state index is -4.84. The van der Waals surface area contributed by atoms with Gasteiger partial charge in [0.05, 0.1) is 15.7 Å². The highest BCUT2D eigenvalue weighted by Gasteiger charge is 2.32. The molecule has 21 heavy (non-hydrogen) atoms. The number of hydrogen-bond acceptors (Lipinski definition) is 2. The van der Waals surface area contributed by atoms with Gasteiger partial charge in [-0.05, 0) is 49.9 Å². The smallest absolute Gasteiger partial charge is 0.406 e. The number of alkyl halides is 3. The summed E-state index contributed by atoms with van der Waals surface area (Å²) in [7, 11) is -1.63. The fraction of sp³-hybridized carbons (Fsp3) is 0.538. The highest BCUT2D eigenvalue weighted by molar-refractivity contribution is 7.84. The highest BCUT2D eigenvalue weighted by atomic mass is 32.2. The minimum absolute atomic E-state index is 0.0651. The molecule has 0 aliphatic heterocycles. The van der Waals surface area contributed by atoms with Gasteiger partial charge in [-0.15, -0.1) is 13.2 Å². The standard InChI is InChI=1S/C13H17F4NO2S/c1-8(7-12(2,3)21(18)19)10-6-9(4-5-11(10)14)20-13(15,16)17/h4-6,8H,7,18H2,1-3H3/t8-,21?/m0/s1. The predicted molar refractivity (Wildman–Crippen MR) is 72.5 cm³/mol. The molecule has 8 heteroatoms. The van der Waals surface area contributed by atoms with E-state index >= 15 is 0 Å². The summed E-state index contributed by atoms with van der Waals surface area (Å²) in [5.74, 6) is -1.60. The van der Waals surface area contributed by atoms with Gasteiger partial charge in [-0.3, -0.25) is 5.14 Å². The molecule has 0 aliphatic rings. The summed E-state index contributed by atoms with van der Waals surface area (Å²) in [6, 6.07) is 2.83. The first-order valence-electron chi connectivity index (χ1n) is 6.14. The van der Waals surface area contributed by atoms with E-state index in [0.717, 1.165) is 18.2 Å². The van der Waals surface area contributed by atoms with Crippen molar-refractivity contribution in [2.45, 2.75) is 44.2 Å². The van der Waals surface area contributed by atoms with Crippen LogP contribution in [0.15, 0.2) is 18.2 Å². The summed E-state index contributed by atoms with van der Waals surface area (Å²) >= 11 is 0. The molecule has 2 atom stereocenters. The maximum Gasteiger partial charge on any atom is 0.573 e. The molecule has 0 aromatic heterocycles. The van der Waals surface area contributed by atoms with Crippen LogP contribution in [0.25, 0.3) is 0 Å². The zero-order valence-corrected chi connectivity index (χ0v) is 12.6. The topological polar surface area (TPSA) is 52.3 Å². The lowest BCUT2D eigenvalue weighted by Crippen LogP contribution is -2.33. The van der Waals surface area contributed by atoms with Crippen molar-refractivity contribution in [2.75, 3.05) is 0 Å². The van der Waals surface area contributed by atoms with Gasteiger partial charge in [0.2, 0.25) is 0 Å². The average Bonchev–Trinajstić information content (AvgIpc) is 2.28. The third-order valence-corrected chi connectivity index (χ3v) is 4.33. The van der Waals surface area contributed by atoms with Crippen LogP contribution in [0.3, 0.4) is 0 Å². The van der Waals surface area contributed by atoms with E-state index in [0.29, 0.717) is 0 Å². The largest absolute Gasteiger partial charge is 0.573 e. The molecule has 1 aromatic carbocycles. The van der Waals surface area contributed by atoms with Crippen LogP contribution in [0.1, 0.15) is 38.7 Å². The molecule has 1 aromatic rings. The quantitative estimate of drug-likeness (QED) is 0.840. The van der Waals surface area contributed by atoms with Crippen molar-refractivity contribution in [3.8, 4) is 5.75 Å². The molecular formula is C13H17F4NO2S. The fourth-order valence-corrected chi connectivity index (χ4v) is 2.44. The molecule has 1 rings (SSSR count). The Morgan fingerprint density at radius 1 is 1.33 bits per heavy atom. The van der Waals surface area contributed by atoms with E-state index in [-0.39, 0.29) is 12.0 Å². The van der Waals surface area contributed by atoms with E-state index in [1.807, 2.05) is 0 Å². The van der Waals surface area contributed by atoms with Crippen molar-refractivity contribution < 1.29 is 26.5 Å². The van der Waals surface area contributed by atoms with Crippen LogP contribution in [0.2, 0.25) is 0 Å². The number of ether oxygens (including phenoxy) is 1. The molecule has 0 saturated carbocycles. The van der Waals surface area contributed by atoms with Gasteiger partial charge >= 0.3 is 6.36 Å². The van der Waals surface area contributed by atoms with Crippen molar-refractivity contribution >= 4 is 11.0 Å². The van der Waals surface area contributed by atoms with Crippen molar-refractivity contribution in [3.63, 3.8) is 0 Å². The Morgan fingerprint density at radius 3 is 2.38 bits per heavy atom. The lowest BCUT2D eigenvalue weighted by molar-refractivity contribution is -0.274. The van der Waals surface area contributed by atoms with Crippen LogP contribution in [0.4, 0.5) is 17.6 Å². The van der Waals surface area contributed by atoms with E-state index in [4.69, 9.17) is 5.14 Å². The summed E-state index contributed by atoms with van der Waals surface area (Å²) in [5, 5.41) is 5.35. The number of rotatable bonds is 5. The highest BCUT2D eigenvalue weighted by Crippen LogP contribution is 2.33. The molecule has 0 heterocycles. The fourth-order valence-electron chi connectivity index (χ4n) is 2.03. The molecule has 0 bridgehead atoms. The second-order valence-corrected chi connectivity index (χ2v) is 7.09. The maximum atomic E-state index is 13.8. The molecule has 2 N–H and O–H groups in total. The maximum absolute atomic E-state index is 13.8. The normalized spacial score (nSPS) is 15.6. The summed E-state index contributed by atoms with van der Waals surface area (Å²) in [6.45, 7) is 4.92. The van der Waals surface area contributed by atoms with Crippen LogP contribution < -0.4 is 9.88 Å². The third-order valence-electron chi connectivity index (χ3n) is 3.07. The van der Waals surface area contributed by atoms with Crippen LogP contribution in [0.5, 0.6) is 5.75 Å². The molecule has 0 aliphatic carbocycles. The van der Waals surface area contributed by atoms with E-state index in [2.05, 4.69) is 4.74 Å². The van der Waals surface area contributed by atoms with Crippen molar-refractivity contribution in [2.24, 2.45) is 5.14 Å². The van der Waals surface area contributed by atoms with Gasteiger partial charge in [0.25, 0.3) is 0 Å². The molecule has 120 valence electrons. The van der Waals surface area contributed by atoms with Gasteiger partial charge in [0.1, 0.15) is 11.6 Å². The lowest BCUT2D eigenvalue weighted by atomic mass is 9.91. The first-order valence-corrected chi connectivity index (χ1v) is 7.35. The van der Waals surface area contributed by atoms with Gasteiger partial charge in [0.15, 0.2) is 0 Å². The van der Waals surface area contributed by atoms with Gasteiger partial charge in [-0.25, -0.2) is 8.60 Å². The summed E-state index contributed by atoms with van der Waals surface area (Å²) in [4.78, 5) is 0. The third kappa shape index (κ3) is 5.28. The second kappa shape index (κ2) is 6.31. The number of nitrogens with two attached hydrogens (primary N) is 1. The van der Waals surface area contributed by atoms with Crippen LogP contribution >= 0.6 is 0 Å². The zero-order valence-electron chi connectivity index (χ0n) is 11.8. The molecule has 1 unspecified atom stereocenters. The van der Waals surface area contributed by atoms with Gasteiger partial charge in [-0.1, -0.05) is 6.92 Å². The van der Waals surface area contributed by atoms with Crippen LogP contribution in [0, 0.1) is 5.82 Å². The molecule has 3 nitrogen and oxygen atoms in total. The van der Waals surface area contributed by atoms with Crippen LogP contribution in [-0.2, 0) is 11.0 Å². The van der Waals surface area contributed by atoms with E-state index in [1.54, 1.807) is 20.8 Å². The summed E-state index contributed by atoms with van der Waals surface area (Å²) < 4.78 is 64.7. The molecule has 0 fully saturated rings. The van der Waals surface area contributed by atoms with Gasteiger partial charge in [-0.2, -0.15) is 0 Å². The molecule has 0 spiro atoms. The summed E-state index contributed by atoms with van der Waals surface area (Å²) in [5.41, 5.74) is 0.0651. The molecule has 0 radical (unpaired) electrons. The Balaban J connectivity index is 3.01. The van der Waals surface area contributed by atoms with E-state index in [1.165, 1.54) is 0 Å². The Labute approximate surface area is 123 Å². The Bertz CT molecular complexity index is 531. The average molecular weight is 327 g/mol. The number of hydrogen-bond donors (Lipinski definition) is 1. The Hall–Kier alpha value is -1.15. The van der Waals surface area contributed by atoms with Crippen molar-refractivity contribution in [3.05, 3.63) is 29.6 Å². The SMILES string of the molecule is C[C@@H](CC(C)(C)S(N)=O)c1cc(OC(F)(F)F)ccc1F. The Morgan fingerprint density at radius 2 is 1.90 bits per heavy atom. The predicted octanol–water partition coefficient (Wildman–Crippen LogP) is 3.62. The number of benzene rings is 1.